The van der Waals surface area contributed by atoms with Crippen molar-refractivity contribution in [3.8, 4) is 0 Å². The number of hydrogen-bond acceptors (Lipinski definition) is 6. The molecule has 1 unspecified atom stereocenters. The van der Waals surface area contributed by atoms with E-state index in [1.807, 2.05) is 6.26 Å². The van der Waals surface area contributed by atoms with Gasteiger partial charge in [-0.15, -0.1) is 0 Å². The number of thioether (sulfide) groups is 1. The summed E-state index contributed by atoms with van der Waals surface area (Å²) in [5.74, 6) is 0.797. The van der Waals surface area contributed by atoms with Crippen LogP contribution in [0.2, 0.25) is 5.15 Å². The standard InChI is InChI=1S/C12H20ClN3O2S/c1-9(8-18-3)16(5-6-17-2)11-7-10(13)14-12(15-11)19-4/h7,9H,5-6,8H2,1-4H3. The van der Waals surface area contributed by atoms with Gasteiger partial charge in [0.05, 0.1) is 19.3 Å². The average molecular weight is 306 g/mol. The normalized spacial score (nSPS) is 12.5. The predicted octanol–water partition coefficient (Wildman–Crippen LogP) is 2.34. The zero-order chi connectivity index (χ0) is 14.3. The number of halogens is 1. The van der Waals surface area contributed by atoms with Crippen LogP contribution in [0, 0.1) is 0 Å². The lowest BCUT2D eigenvalue weighted by molar-refractivity contribution is 0.170. The Hall–Kier alpha value is -0.560. The van der Waals surface area contributed by atoms with Crippen LogP contribution in [0.4, 0.5) is 5.82 Å². The van der Waals surface area contributed by atoms with Gasteiger partial charge in [0, 0.05) is 26.8 Å². The summed E-state index contributed by atoms with van der Waals surface area (Å²) in [4.78, 5) is 10.8. The lowest BCUT2D eigenvalue weighted by Gasteiger charge is -2.29. The van der Waals surface area contributed by atoms with Crippen molar-refractivity contribution in [2.75, 3.05) is 45.1 Å². The monoisotopic (exact) mass is 305 g/mol. The van der Waals surface area contributed by atoms with Crippen molar-refractivity contribution in [2.24, 2.45) is 0 Å². The largest absolute Gasteiger partial charge is 0.383 e. The Morgan fingerprint density at radius 1 is 1.37 bits per heavy atom. The summed E-state index contributed by atoms with van der Waals surface area (Å²) in [7, 11) is 3.37. The molecule has 0 N–H and O–H groups in total. The van der Waals surface area contributed by atoms with Crippen molar-refractivity contribution in [2.45, 2.75) is 18.1 Å². The van der Waals surface area contributed by atoms with Gasteiger partial charge in [0.1, 0.15) is 11.0 Å². The minimum absolute atomic E-state index is 0.181. The molecule has 5 nitrogen and oxygen atoms in total. The number of methoxy groups -OCH3 is 2. The van der Waals surface area contributed by atoms with E-state index < -0.39 is 0 Å². The van der Waals surface area contributed by atoms with Crippen molar-refractivity contribution >= 4 is 29.2 Å². The highest BCUT2D eigenvalue weighted by Gasteiger charge is 2.17. The summed E-state index contributed by atoms with van der Waals surface area (Å²) in [5.41, 5.74) is 0. The number of aromatic nitrogens is 2. The van der Waals surface area contributed by atoms with Crippen LogP contribution in [0.5, 0.6) is 0 Å². The number of anilines is 1. The van der Waals surface area contributed by atoms with Gasteiger partial charge in [-0.2, -0.15) is 0 Å². The number of ether oxygens (including phenoxy) is 2. The zero-order valence-corrected chi connectivity index (χ0v) is 13.3. The van der Waals surface area contributed by atoms with Crippen molar-refractivity contribution < 1.29 is 9.47 Å². The topological polar surface area (TPSA) is 47.5 Å². The number of nitrogens with zero attached hydrogens (tertiary/aromatic N) is 3. The molecular formula is C12H20ClN3O2S. The fraction of sp³-hybridized carbons (Fsp3) is 0.667. The van der Waals surface area contributed by atoms with E-state index >= 15 is 0 Å². The third kappa shape index (κ3) is 5.14. The minimum Gasteiger partial charge on any atom is -0.383 e. The van der Waals surface area contributed by atoms with Crippen LogP contribution in [0.25, 0.3) is 0 Å². The minimum atomic E-state index is 0.181. The summed E-state index contributed by atoms with van der Waals surface area (Å²) in [5, 5.41) is 1.11. The van der Waals surface area contributed by atoms with Crippen molar-refractivity contribution in [1.82, 2.24) is 9.97 Å². The van der Waals surface area contributed by atoms with Crippen LogP contribution < -0.4 is 4.90 Å². The summed E-state index contributed by atoms with van der Waals surface area (Å²) < 4.78 is 10.4. The van der Waals surface area contributed by atoms with E-state index in [0.717, 1.165) is 12.4 Å². The van der Waals surface area contributed by atoms with E-state index in [9.17, 15) is 0 Å². The molecule has 0 radical (unpaired) electrons. The molecule has 1 rings (SSSR count). The number of rotatable bonds is 8. The Morgan fingerprint density at radius 2 is 2.11 bits per heavy atom. The first kappa shape index (κ1) is 16.5. The molecule has 1 aromatic heterocycles. The smallest absolute Gasteiger partial charge is 0.190 e. The third-order valence-electron chi connectivity index (χ3n) is 2.61. The SMILES string of the molecule is COCCN(c1cc(Cl)nc(SC)n1)C(C)COC. The Kier molecular flexibility index (Phi) is 7.45. The fourth-order valence-corrected chi connectivity index (χ4v) is 2.31. The first-order valence-electron chi connectivity index (χ1n) is 5.95. The Morgan fingerprint density at radius 3 is 2.68 bits per heavy atom. The van der Waals surface area contributed by atoms with E-state index in [1.54, 1.807) is 20.3 Å². The summed E-state index contributed by atoms with van der Waals surface area (Å²) in [6.07, 6.45) is 1.92. The highest BCUT2D eigenvalue weighted by molar-refractivity contribution is 7.98. The molecule has 19 heavy (non-hydrogen) atoms. The van der Waals surface area contributed by atoms with Gasteiger partial charge in [0.25, 0.3) is 0 Å². The van der Waals surface area contributed by atoms with Crippen molar-refractivity contribution in [3.63, 3.8) is 0 Å². The first-order valence-corrected chi connectivity index (χ1v) is 7.55. The number of hydrogen-bond donors (Lipinski definition) is 0. The molecule has 1 aromatic rings. The lowest BCUT2D eigenvalue weighted by Crippen LogP contribution is -2.39. The van der Waals surface area contributed by atoms with Crippen molar-refractivity contribution in [3.05, 3.63) is 11.2 Å². The van der Waals surface area contributed by atoms with Gasteiger partial charge in [-0.05, 0) is 13.2 Å². The molecule has 0 saturated carbocycles. The van der Waals surface area contributed by atoms with Crippen LogP contribution >= 0.6 is 23.4 Å². The van der Waals surface area contributed by atoms with Gasteiger partial charge in [0.15, 0.2) is 5.16 Å². The maximum Gasteiger partial charge on any atom is 0.190 e. The summed E-state index contributed by atoms with van der Waals surface area (Å²) in [6, 6.07) is 1.95. The maximum atomic E-state index is 6.04. The van der Waals surface area contributed by atoms with Crippen molar-refractivity contribution in [1.29, 1.82) is 0 Å². The molecule has 1 heterocycles. The quantitative estimate of drug-likeness (QED) is 0.417. The zero-order valence-electron chi connectivity index (χ0n) is 11.7. The summed E-state index contributed by atoms with van der Waals surface area (Å²) >= 11 is 7.50. The molecule has 7 heteroatoms. The lowest BCUT2D eigenvalue weighted by atomic mass is 10.3. The van der Waals surface area contributed by atoms with E-state index in [0.29, 0.717) is 23.5 Å². The Balaban J connectivity index is 2.97. The molecule has 0 aliphatic rings. The van der Waals surface area contributed by atoms with Crippen LogP contribution in [0.15, 0.2) is 11.2 Å². The van der Waals surface area contributed by atoms with E-state index in [2.05, 4.69) is 21.8 Å². The summed E-state index contributed by atoms with van der Waals surface area (Å²) in [6.45, 7) is 4.03. The second-order valence-corrected chi connectivity index (χ2v) is 5.19. The van der Waals surface area contributed by atoms with Crippen LogP contribution in [-0.4, -0.2) is 56.2 Å². The van der Waals surface area contributed by atoms with Crippen LogP contribution in [-0.2, 0) is 9.47 Å². The van der Waals surface area contributed by atoms with E-state index in [-0.39, 0.29) is 6.04 Å². The molecule has 0 aliphatic heterocycles. The molecular weight excluding hydrogens is 286 g/mol. The average Bonchev–Trinajstić information content (AvgIpc) is 2.39. The first-order chi connectivity index (χ1) is 9.12. The van der Waals surface area contributed by atoms with Gasteiger partial charge in [-0.25, -0.2) is 9.97 Å². The molecule has 0 aromatic carbocycles. The molecule has 1 atom stereocenters. The Labute approximate surface area is 123 Å². The van der Waals surface area contributed by atoms with E-state index in [4.69, 9.17) is 21.1 Å². The van der Waals surface area contributed by atoms with Crippen LogP contribution in [0.1, 0.15) is 6.92 Å². The molecule has 0 amide bonds. The highest BCUT2D eigenvalue weighted by Crippen LogP contribution is 2.22. The maximum absolute atomic E-state index is 6.04. The van der Waals surface area contributed by atoms with Gasteiger partial charge in [-0.1, -0.05) is 23.4 Å². The van der Waals surface area contributed by atoms with Gasteiger partial charge in [0.2, 0.25) is 0 Å². The Bertz CT molecular complexity index is 395. The predicted molar refractivity (Wildman–Crippen MR) is 79.4 cm³/mol. The molecule has 0 aliphatic carbocycles. The van der Waals surface area contributed by atoms with E-state index in [1.165, 1.54) is 11.8 Å². The molecule has 0 saturated heterocycles. The third-order valence-corrected chi connectivity index (χ3v) is 3.36. The van der Waals surface area contributed by atoms with Gasteiger partial charge in [-0.3, -0.25) is 0 Å². The second kappa shape index (κ2) is 8.58. The molecule has 0 fully saturated rings. The molecule has 0 bridgehead atoms. The van der Waals surface area contributed by atoms with Crippen LogP contribution in [0.3, 0.4) is 0 Å². The molecule has 0 spiro atoms. The molecule has 108 valence electrons. The van der Waals surface area contributed by atoms with Gasteiger partial charge >= 0.3 is 0 Å². The fourth-order valence-electron chi connectivity index (χ4n) is 1.71. The highest BCUT2D eigenvalue weighted by atomic mass is 35.5. The van der Waals surface area contributed by atoms with Gasteiger partial charge < -0.3 is 14.4 Å². The second-order valence-electron chi connectivity index (χ2n) is 4.03.